The first-order valence-corrected chi connectivity index (χ1v) is 9.86. The Bertz CT molecular complexity index is 1440. The molecule has 32 heavy (non-hydrogen) atoms. The van der Waals surface area contributed by atoms with Gasteiger partial charge in [-0.3, -0.25) is 14.0 Å². The molecule has 4 rings (SSSR count). The zero-order valence-electron chi connectivity index (χ0n) is 16.5. The molecule has 0 saturated carbocycles. The number of pyridine rings is 1. The van der Waals surface area contributed by atoms with E-state index in [1.807, 2.05) is 12.1 Å². The third kappa shape index (κ3) is 4.51. The summed E-state index contributed by atoms with van der Waals surface area (Å²) < 4.78 is 7.14. The Morgan fingerprint density at radius 3 is 2.62 bits per heavy atom. The molecule has 0 aliphatic heterocycles. The lowest BCUT2D eigenvalue weighted by Crippen LogP contribution is -2.20. The first kappa shape index (κ1) is 20.8. The molecule has 0 unspecified atom stereocenters. The lowest BCUT2D eigenvalue weighted by atomic mass is 10.1. The van der Waals surface area contributed by atoms with E-state index in [1.165, 1.54) is 10.5 Å². The summed E-state index contributed by atoms with van der Waals surface area (Å²) in [6.07, 6.45) is 2.72. The summed E-state index contributed by atoms with van der Waals surface area (Å²) in [7, 11) is 0. The van der Waals surface area contributed by atoms with E-state index in [2.05, 4.69) is 10.3 Å². The van der Waals surface area contributed by atoms with Crippen LogP contribution < -0.4 is 15.6 Å². The number of hydrogen-bond donors (Lipinski definition) is 1. The molecular formula is C24H15ClN4O3. The molecule has 0 spiro atoms. The highest BCUT2D eigenvalue weighted by molar-refractivity contribution is 6.31. The van der Waals surface area contributed by atoms with E-state index in [0.29, 0.717) is 22.1 Å². The van der Waals surface area contributed by atoms with E-state index >= 15 is 0 Å². The molecule has 8 heteroatoms. The van der Waals surface area contributed by atoms with E-state index < -0.39 is 11.5 Å². The Balaban J connectivity index is 1.80. The number of hydrogen-bond acceptors (Lipinski definition) is 5. The summed E-state index contributed by atoms with van der Waals surface area (Å²) in [6.45, 7) is 0. The molecule has 0 aliphatic rings. The van der Waals surface area contributed by atoms with Crippen LogP contribution in [0.1, 0.15) is 5.56 Å². The fourth-order valence-electron chi connectivity index (χ4n) is 2.94. The minimum Gasteiger partial charge on any atom is -0.438 e. The molecule has 156 valence electrons. The minimum absolute atomic E-state index is 0.0179. The second-order valence-electron chi connectivity index (χ2n) is 6.61. The van der Waals surface area contributed by atoms with Gasteiger partial charge in [0.15, 0.2) is 0 Å². The molecule has 4 aromatic rings. The largest absolute Gasteiger partial charge is 0.438 e. The maximum atomic E-state index is 13.2. The van der Waals surface area contributed by atoms with Crippen LogP contribution in [0.5, 0.6) is 11.6 Å². The molecule has 7 nitrogen and oxygen atoms in total. The maximum Gasteiger partial charge on any atom is 0.269 e. The fraction of sp³-hybridized carbons (Fsp3) is 0. The van der Waals surface area contributed by atoms with Crippen LogP contribution in [-0.2, 0) is 4.79 Å². The number of para-hydroxylation sites is 1. The number of halogens is 1. The van der Waals surface area contributed by atoms with Gasteiger partial charge in [0.1, 0.15) is 28.6 Å². The van der Waals surface area contributed by atoms with Gasteiger partial charge in [0.05, 0.1) is 0 Å². The zero-order chi connectivity index (χ0) is 22.5. The average Bonchev–Trinajstić information content (AvgIpc) is 2.80. The molecule has 0 radical (unpaired) electrons. The van der Waals surface area contributed by atoms with E-state index in [4.69, 9.17) is 16.3 Å². The number of ether oxygens (including phenoxy) is 1. The van der Waals surface area contributed by atoms with Crippen LogP contribution in [0.4, 0.5) is 5.69 Å². The maximum absolute atomic E-state index is 13.2. The summed E-state index contributed by atoms with van der Waals surface area (Å²) in [4.78, 5) is 30.3. The van der Waals surface area contributed by atoms with Crippen molar-refractivity contribution in [1.82, 2.24) is 9.38 Å². The zero-order valence-corrected chi connectivity index (χ0v) is 17.3. The van der Waals surface area contributed by atoms with Crippen molar-refractivity contribution in [2.45, 2.75) is 0 Å². The van der Waals surface area contributed by atoms with Crippen LogP contribution in [0.2, 0.25) is 5.02 Å². The van der Waals surface area contributed by atoms with Crippen LogP contribution in [0.3, 0.4) is 0 Å². The number of fused-ring (bicyclic) bond motifs is 1. The Morgan fingerprint density at radius 2 is 1.88 bits per heavy atom. The van der Waals surface area contributed by atoms with Gasteiger partial charge in [-0.25, -0.2) is 0 Å². The molecule has 2 heterocycles. The summed E-state index contributed by atoms with van der Waals surface area (Å²) in [6, 6.07) is 22.2. The molecule has 0 aliphatic carbocycles. The van der Waals surface area contributed by atoms with Crippen molar-refractivity contribution in [1.29, 1.82) is 5.26 Å². The Kier molecular flexibility index (Phi) is 5.97. The molecule has 0 atom stereocenters. The Labute approximate surface area is 187 Å². The number of aromatic nitrogens is 2. The third-order valence-corrected chi connectivity index (χ3v) is 4.66. The number of benzene rings is 2. The van der Waals surface area contributed by atoms with Crippen molar-refractivity contribution >= 4 is 34.9 Å². The summed E-state index contributed by atoms with van der Waals surface area (Å²) >= 11 is 5.95. The molecule has 0 fully saturated rings. The van der Waals surface area contributed by atoms with Crippen molar-refractivity contribution in [2.75, 3.05) is 5.32 Å². The highest BCUT2D eigenvalue weighted by Crippen LogP contribution is 2.24. The van der Waals surface area contributed by atoms with Gasteiger partial charge in [0.2, 0.25) is 5.88 Å². The third-order valence-electron chi connectivity index (χ3n) is 4.43. The molecule has 0 bridgehead atoms. The summed E-state index contributed by atoms with van der Waals surface area (Å²) in [5.74, 6) is -0.259. The van der Waals surface area contributed by atoms with E-state index in [1.54, 1.807) is 72.9 Å². The van der Waals surface area contributed by atoms with Crippen LogP contribution in [0.25, 0.3) is 11.7 Å². The summed E-state index contributed by atoms with van der Waals surface area (Å²) in [5, 5.41) is 12.6. The number of nitrogens with one attached hydrogen (secondary N) is 1. The van der Waals surface area contributed by atoms with Gasteiger partial charge in [-0.2, -0.15) is 10.2 Å². The van der Waals surface area contributed by atoms with Gasteiger partial charge in [0.25, 0.3) is 11.5 Å². The van der Waals surface area contributed by atoms with Gasteiger partial charge in [0, 0.05) is 16.9 Å². The van der Waals surface area contributed by atoms with Crippen LogP contribution in [-0.4, -0.2) is 15.3 Å². The van der Waals surface area contributed by atoms with Gasteiger partial charge in [-0.05, 0) is 48.5 Å². The quantitative estimate of drug-likeness (QED) is 0.357. The standard InChI is InChI=1S/C24H15ClN4O3/c25-17-7-6-8-18(14-17)27-22(30)16(15-26)13-20-23(32-19-9-2-1-3-10-19)28-21-11-4-5-12-29(21)24(20)31/h1-14H,(H,27,30). The van der Waals surface area contributed by atoms with Gasteiger partial charge in [-0.1, -0.05) is 41.9 Å². The summed E-state index contributed by atoms with van der Waals surface area (Å²) in [5.41, 5.74) is -0.0295. The number of rotatable bonds is 5. The van der Waals surface area contributed by atoms with Crippen molar-refractivity contribution in [3.63, 3.8) is 0 Å². The molecule has 1 N–H and O–H groups in total. The number of nitriles is 1. The van der Waals surface area contributed by atoms with Gasteiger partial charge in [-0.15, -0.1) is 0 Å². The normalized spacial score (nSPS) is 11.1. The van der Waals surface area contributed by atoms with Crippen molar-refractivity contribution in [3.05, 3.63) is 106 Å². The minimum atomic E-state index is -0.696. The Hall–Kier alpha value is -4.41. The topological polar surface area (TPSA) is 96.5 Å². The molecule has 0 saturated heterocycles. The predicted molar refractivity (Wildman–Crippen MR) is 122 cm³/mol. The fourth-order valence-corrected chi connectivity index (χ4v) is 3.13. The number of carbonyl (C=O) groups is 1. The van der Waals surface area contributed by atoms with Gasteiger partial charge >= 0.3 is 0 Å². The second kappa shape index (κ2) is 9.16. The molecular weight excluding hydrogens is 428 g/mol. The number of nitrogens with zero attached hydrogens (tertiary/aromatic N) is 3. The lowest BCUT2D eigenvalue weighted by Gasteiger charge is -2.10. The van der Waals surface area contributed by atoms with Crippen molar-refractivity contribution in [3.8, 4) is 17.7 Å². The van der Waals surface area contributed by atoms with E-state index in [0.717, 1.165) is 0 Å². The Morgan fingerprint density at radius 1 is 1.09 bits per heavy atom. The van der Waals surface area contributed by atoms with Crippen LogP contribution in [0.15, 0.2) is 89.4 Å². The highest BCUT2D eigenvalue weighted by Gasteiger charge is 2.17. The monoisotopic (exact) mass is 442 g/mol. The first-order valence-electron chi connectivity index (χ1n) is 9.48. The number of anilines is 1. The van der Waals surface area contributed by atoms with E-state index in [9.17, 15) is 14.9 Å². The van der Waals surface area contributed by atoms with Crippen LogP contribution >= 0.6 is 11.6 Å². The van der Waals surface area contributed by atoms with Crippen LogP contribution in [0, 0.1) is 11.3 Å². The average molecular weight is 443 g/mol. The second-order valence-corrected chi connectivity index (χ2v) is 7.05. The predicted octanol–water partition coefficient (Wildman–Crippen LogP) is 4.69. The number of carbonyl (C=O) groups excluding carboxylic acids is 1. The smallest absolute Gasteiger partial charge is 0.269 e. The number of amides is 1. The SMILES string of the molecule is N#CC(=Cc1c(Oc2ccccc2)nc2ccccn2c1=O)C(=O)Nc1cccc(Cl)c1. The van der Waals surface area contributed by atoms with Gasteiger partial charge < -0.3 is 10.1 Å². The molecule has 2 aromatic heterocycles. The highest BCUT2D eigenvalue weighted by atomic mass is 35.5. The lowest BCUT2D eigenvalue weighted by molar-refractivity contribution is -0.112. The molecule has 1 amide bonds. The van der Waals surface area contributed by atoms with Crippen molar-refractivity contribution in [2.24, 2.45) is 0 Å². The first-order chi connectivity index (χ1) is 15.5. The van der Waals surface area contributed by atoms with E-state index in [-0.39, 0.29) is 17.0 Å². The van der Waals surface area contributed by atoms with Crippen molar-refractivity contribution < 1.29 is 9.53 Å². The molecule has 2 aromatic carbocycles.